The molecular formula is C21H12F2N4O2S. The summed E-state index contributed by atoms with van der Waals surface area (Å²) in [7, 11) is 0. The number of fused-ring (bicyclic) bond motifs is 1. The fraction of sp³-hybridized carbons (Fsp3) is 0. The Morgan fingerprint density at radius 3 is 2.67 bits per heavy atom. The lowest BCUT2D eigenvalue weighted by Crippen LogP contribution is -2.13. The van der Waals surface area contributed by atoms with Gasteiger partial charge in [-0.15, -0.1) is 11.3 Å². The Kier molecular flexibility index (Phi) is 4.36. The summed E-state index contributed by atoms with van der Waals surface area (Å²) in [6.07, 6.45) is 1.77. The van der Waals surface area contributed by atoms with E-state index in [4.69, 9.17) is 4.52 Å². The van der Waals surface area contributed by atoms with Gasteiger partial charge in [0.2, 0.25) is 5.76 Å². The van der Waals surface area contributed by atoms with Gasteiger partial charge in [0.1, 0.15) is 28.8 Å². The van der Waals surface area contributed by atoms with Crippen LogP contribution in [0.15, 0.2) is 70.7 Å². The summed E-state index contributed by atoms with van der Waals surface area (Å²) in [5, 5.41) is 8.48. The second-order valence-electron chi connectivity index (χ2n) is 6.41. The van der Waals surface area contributed by atoms with E-state index in [9.17, 15) is 13.6 Å². The number of thiazole rings is 1. The number of hydrogen-bond donors (Lipinski definition) is 1. The topological polar surface area (TPSA) is 72.4 Å². The predicted molar refractivity (Wildman–Crippen MR) is 108 cm³/mol. The number of hydrogen-bond acceptors (Lipinski definition) is 5. The largest absolute Gasteiger partial charge is 0.350 e. The second-order valence-corrected chi connectivity index (χ2v) is 7.29. The summed E-state index contributed by atoms with van der Waals surface area (Å²) in [6, 6.07) is 13.1. The molecule has 30 heavy (non-hydrogen) atoms. The Morgan fingerprint density at radius 2 is 1.87 bits per heavy atom. The molecule has 0 aliphatic heterocycles. The van der Waals surface area contributed by atoms with Gasteiger partial charge in [-0.05, 0) is 36.4 Å². The summed E-state index contributed by atoms with van der Waals surface area (Å²) in [5.74, 6) is -0.931. The SMILES string of the molecule is O=C(Nc1c(-c2ccc(F)cc2)nc2sccn12)c1cc(-c2cccc(F)c2)no1. The van der Waals surface area contributed by atoms with Crippen LogP contribution in [0.5, 0.6) is 0 Å². The van der Waals surface area contributed by atoms with Crippen LogP contribution in [0.2, 0.25) is 0 Å². The van der Waals surface area contributed by atoms with Crippen molar-refractivity contribution in [2.45, 2.75) is 0 Å². The fourth-order valence-corrected chi connectivity index (χ4v) is 3.76. The lowest BCUT2D eigenvalue weighted by Gasteiger charge is -2.05. The van der Waals surface area contributed by atoms with E-state index in [0.29, 0.717) is 33.3 Å². The number of nitrogens with one attached hydrogen (secondary N) is 1. The number of carbonyl (C=O) groups is 1. The molecule has 148 valence electrons. The Morgan fingerprint density at radius 1 is 1.03 bits per heavy atom. The molecule has 3 aromatic heterocycles. The van der Waals surface area contributed by atoms with Crippen LogP contribution in [0.1, 0.15) is 10.6 Å². The minimum atomic E-state index is -0.540. The van der Waals surface area contributed by atoms with Crippen LogP contribution in [0.3, 0.4) is 0 Å². The first-order chi connectivity index (χ1) is 14.6. The predicted octanol–water partition coefficient (Wildman–Crippen LogP) is 5.25. The molecule has 2 aromatic carbocycles. The third kappa shape index (κ3) is 3.25. The molecule has 5 rings (SSSR count). The van der Waals surface area contributed by atoms with Crippen LogP contribution >= 0.6 is 11.3 Å². The van der Waals surface area contributed by atoms with Gasteiger partial charge in [-0.1, -0.05) is 17.3 Å². The van der Waals surface area contributed by atoms with Gasteiger partial charge in [0.25, 0.3) is 5.91 Å². The number of carbonyl (C=O) groups excluding carboxylic acids is 1. The summed E-state index contributed by atoms with van der Waals surface area (Å²) in [6.45, 7) is 0. The van der Waals surface area contributed by atoms with E-state index in [-0.39, 0.29) is 11.6 Å². The highest BCUT2D eigenvalue weighted by Gasteiger charge is 2.21. The number of halogens is 2. The van der Waals surface area contributed by atoms with Gasteiger partial charge >= 0.3 is 0 Å². The van der Waals surface area contributed by atoms with Gasteiger partial charge in [0.15, 0.2) is 4.96 Å². The number of imidazole rings is 1. The molecule has 0 aliphatic carbocycles. The molecule has 0 aliphatic rings. The average Bonchev–Trinajstić information content (AvgIpc) is 3.46. The van der Waals surface area contributed by atoms with Crippen molar-refractivity contribution in [2.24, 2.45) is 0 Å². The Bertz CT molecular complexity index is 1370. The fourth-order valence-electron chi connectivity index (χ4n) is 3.05. The lowest BCUT2D eigenvalue weighted by molar-refractivity contribution is 0.0987. The normalized spacial score (nSPS) is 11.1. The van der Waals surface area contributed by atoms with Crippen LogP contribution in [0.25, 0.3) is 27.5 Å². The molecule has 0 atom stereocenters. The second kappa shape index (κ2) is 7.20. The van der Waals surface area contributed by atoms with Crippen molar-refractivity contribution in [1.29, 1.82) is 0 Å². The molecule has 0 radical (unpaired) electrons. The number of amides is 1. The minimum absolute atomic E-state index is 0.0375. The summed E-state index contributed by atoms with van der Waals surface area (Å²) in [5.41, 5.74) is 1.99. The summed E-state index contributed by atoms with van der Waals surface area (Å²) < 4.78 is 33.6. The first-order valence-electron chi connectivity index (χ1n) is 8.84. The number of aromatic nitrogens is 3. The number of rotatable bonds is 4. The Labute approximate surface area is 172 Å². The summed E-state index contributed by atoms with van der Waals surface area (Å²) in [4.78, 5) is 18.0. The van der Waals surface area contributed by atoms with E-state index in [1.54, 1.807) is 34.9 Å². The van der Waals surface area contributed by atoms with Gasteiger partial charge in [-0.3, -0.25) is 9.20 Å². The highest BCUT2D eigenvalue weighted by Crippen LogP contribution is 2.31. The molecule has 5 aromatic rings. The first kappa shape index (κ1) is 18.2. The van der Waals surface area contributed by atoms with Crippen molar-refractivity contribution in [2.75, 3.05) is 5.32 Å². The standard InChI is InChI=1S/C21H12F2N4O2S/c22-14-6-4-12(5-7-14)18-19(27-8-9-30-21(27)24-18)25-20(28)17-11-16(26-29-17)13-2-1-3-15(23)10-13/h1-11H,(H,25,28). The minimum Gasteiger partial charge on any atom is -0.350 e. The van der Waals surface area contributed by atoms with Crippen LogP contribution < -0.4 is 5.32 Å². The molecule has 3 heterocycles. The maximum atomic E-state index is 13.4. The number of nitrogens with zero attached hydrogens (tertiary/aromatic N) is 3. The molecule has 1 N–H and O–H groups in total. The van der Waals surface area contributed by atoms with Crippen molar-refractivity contribution in [3.8, 4) is 22.5 Å². The van der Waals surface area contributed by atoms with E-state index >= 15 is 0 Å². The monoisotopic (exact) mass is 422 g/mol. The van der Waals surface area contributed by atoms with E-state index in [1.165, 1.54) is 41.7 Å². The molecule has 6 nitrogen and oxygen atoms in total. The van der Waals surface area contributed by atoms with Gasteiger partial charge in [0, 0.05) is 28.8 Å². The van der Waals surface area contributed by atoms with Crippen LogP contribution in [-0.4, -0.2) is 20.4 Å². The highest BCUT2D eigenvalue weighted by atomic mass is 32.1. The van der Waals surface area contributed by atoms with Crippen molar-refractivity contribution in [1.82, 2.24) is 14.5 Å². The van der Waals surface area contributed by atoms with E-state index in [2.05, 4.69) is 15.5 Å². The molecule has 9 heteroatoms. The van der Waals surface area contributed by atoms with Gasteiger partial charge in [-0.25, -0.2) is 13.8 Å². The maximum Gasteiger partial charge on any atom is 0.295 e. The van der Waals surface area contributed by atoms with Gasteiger partial charge < -0.3 is 9.84 Å². The van der Waals surface area contributed by atoms with Crippen molar-refractivity contribution in [3.05, 3.63) is 83.6 Å². The Hall–Kier alpha value is -3.85. The van der Waals surface area contributed by atoms with Crippen molar-refractivity contribution < 1.29 is 18.1 Å². The van der Waals surface area contributed by atoms with Crippen molar-refractivity contribution >= 4 is 28.0 Å². The third-order valence-electron chi connectivity index (χ3n) is 4.47. The zero-order valence-corrected chi connectivity index (χ0v) is 16.0. The number of anilines is 1. The van der Waals surface area contributed by atoms with E-state index in [1.807, 2.05) is 5.38 Å². The lowest BCUT2D eigenvalue weighted by atomic mass is 10.1. The molecule has 0 bridgehead atoms. The highest BCUT2D eigenvalue weighted by molar-refractivity contribution is 7.15. The molecule has 0 fully saturated rings. The molecule has 0 saturated heterocycles. The molecule has 1 amide bonds. The average molecular weight is 422 g/mol. The molecule has 0 spiro atoms. The van der Waals surface area contributed by atoms with E-state index in [0.717, 1.165) is 0 Å². The molecule has 0 saturated carbocycles. The zero-order valence-electron chi connectivity index (χ0n) is 15.2. The van der Waals surface area contributed by atoms with Crippen LogP contribution in [0.4, 0.5) is 14.6 Å². The van der Waals surface area contributed by atoms with E-state index < -0.39 is 11.7 Å². The van der Waals surface area contributed by atoms with Crippen molar-refractivity contribution in [3.63, 3.8) is 0 Å². The number of benzene rings is 2. The van der Waals surface area contributed by atoms with Crippen LogP contribution in [-0.2, 0) is 0 Å². The smallest absolute Gasteiger partial charge is 0.295 e. The first-order valence-corrected chi connectivity index (χ1v) is 9.72. The maximum absolute atomic E-state index is 13.4. The quantitative estimate of drug-likeness (QED) is 0.429. The van der Waals surface area contributed by atoms with Gasteiger partial charge in [-0.2, -0.15) is 0 Å². The third-order valence-corrected chi connectivity index (χ3v) is 5.22. The summed E-state index contributed by atoms with van der Waals surface area (Å²) >= 11 is 1.40. The van der Waals surface area contributed by atoms with Gasteiger partial charge in [0.05, 0.1) is 0 Å². The zero-order chi connectivity index (χ0) is 20.7. The molecular weight excluding hydrogens is 410 g/mol. The molecule has 0 unspecified atom stereocenters. The van der Waals surface area contributed by atoms with Crippen LogP contribution in [0, 0.1) is 11.6 Å². The Balaban J connectivity index is 1.49.